The predicted molar refractivity (Wildman–Crippen MR) is 88.5 cm³/mol. The maximum Gasteiger partial charge on any atom is 0.260 e. The summed E-state index contributed by atoms with van der Waals surface area (Å²) in [7, 11) is 0. The van der Waals surface area contributed by atoms with Crippen molar-refractivity contribution in [3.63, 3.8) is 0 Å². The van der Waals surface area contributed by atoms with Crippen LogP contribution in [-0.4, -0.2) is 53.7 Å². The van der Waals surface area contributed by atoms with Crippen LogP contribution in [0.3, 0.4) is 0 Å². The topological polar surface area (TPSA) is 64.5 Å². The Hall–Kier alpha value is -2.54. The maximum atomic E-state index is 13.6. The molecule has 25 heavy (non-hydrogen) atoms. The molecule has 0 radical (unpaired) electrons. The van der Waals surface area contributed by atoms with Gasteiger partial charge >= 0.3 is 0 Å². The molecule has 1 aromatic carbocycles. The second-order valence-electron chi connectivity index (χ2n) is 5.90. The summed E-state index contributed by atoms with van der Waals surface area (Å²) in [4.78, 5) is 22.3. The van der Waals surface area contributed by atoms with E-state index < -0.39 is 5.82 Å². The number of para-hydroxylation sites is 1. The molecule has 2 heterocycles. The molecular formula is C18H20FN3O3. The number of benzene rings is 1. The Labute approximate surface area is 145 Å². The quantitative estimate of drug-likeness (QED) is 0.825. The van der Waals surface area contributed by atoms with E-state index in [-0.39, 0.29) is 24.2 Å². The highest BCUT2D eigenvalue weighted by molar-refractivity contribution is 5.77. The first-order valence-electron chi connectivity index (χ1n) is 8.20. The van der Waals surface area contributed by atoms with E-state index >= 15 is 0 Å². The molecule has 1 saturated heterocycles. The fourth-order valence-corrected chi connectivity index (χ4v) is 2.76. The van der Waals surface area contributed by atoms with E-state index in [1.807, 2.05) is 6.07 Å². The zero-order valence-corrected chi connectivity index (χ0v) is 13.8. The third kappa shape index (κ3) is 4.96. The van der Waals surface area contributed by atoms with Crippen LogP contribution in [-0.2, 0) is 16.0 Å². The van der Waals surface area contributed by atoms with Gasteiger partial charge in [-0.2, -0.15) is 0 Å². The van der Waals surface area contributed by atoms with Crippen molar-refractivity contribution in [3.8, 4) is 5.75 Å². The third-order valence-corrected chi connectivity index (χ3v) is 4.02. The molecule has 3 rings (SSSR count). The number of halogens is 1. The van der Waals surface area contributed by atoms with Crippen LogP contribution in [0.1, 0.15) is 5.69 Å². The first-order valence-corrected chi connectivity index (χ1v) is 8.20. The lowest BCUT2D eigenvalue weighted by Crippen LogP contribution is -2.39. The van der Waals surface area contributed by atoms with E-state index in [4.69, 9.17) is 9.47 Å². The number of hydrogen-bond donors (Lipinski definition) is 0. The minimum atomic E-state index is -0.476. The molecule has 1 amide bonds. The van der Waals surface area contributed by atoms with Crippen molar-refractivity contribution in [2.75, 3.05) is 32.9 Å². The molecule has 1 fully saturated rings. The molecule has 0 aliphatic carbocycles. The molecule has 0 unspecified atom stereocenters. The molecule has 0 bridgehead atoms. The minimum absolute atomic E-state index is 0.0828. The van der Waals surface area contributed by atoms with Crippen molar-refractivity contribution in [3.05, 3.63) is 54.4 Å². The SMILES string of the molecule is O=C(COc1ccccc1F)N1CCOC[C@H](Cc2ccncn2)C1. The average molecular weight is 345 g/mol. The number of carbonyl (C=O) groups is 1. The normalized spacial score (nSPS) is 17.8. The highest BCUT2D eigenvalue weighted by Crippen LogP contribution is 2.16. The van der Waals surface area contributed by atoms with Crippen LogP contribution in [0.25, 0.3) is 0 Å². The van der Waals surface area contributed by atoms with Crippen molar-refractivity contribution in [2.45, 2.75) is 6.42 Å². The summed E-state index contributed by atoms with van der Waals surface area (Å²) in [6.07, 6.45) is 3.92. The van der Waals surface area contributed by atoms with Gasteiger partial charge in [-0.1, -0.05) is 12.1 Å². The summed E-state index contributed by atoms with van der Waals surface area (Å²) in [5.41, 5.74) is 0.917. The van der Waals surface area contributed by atoms with Gasteiger partial charge in [-0.25, -0.2) is 14.4 Å². The summed E-state index contributed by atoms with van der Waals surface area (Å²) in [6.45, 7) is 1.91. The molecule has 2 aromatic rings. The first-order chi connectivity index (χ1) is 12.2. The zero-order valence-electron chi connectivity index (χ0n) is 13.8. The van der Waals surface area contributed by atoms with E-state index in [0.717, 1.165) is 5.69 Å². The maximum absolute atomic E-state index is 13.6. The molecule has 1 aliphatic heterocycles. The second kappa shape index (κ2) is 8.53. The van der Waals surface area contributed by atoms with Crippen LogP contribution >= 0.6 is 0 Å². The third-order valence-electron chi connectivity index (χ3n) is 4.02. The van der Waals surface area contributed by atoms with Crippen molar-refractivity contribution in [1.29, 1.82) is 0 Å². The lowest BCUT2D eigenvalue weighted by atomic mass is 10.0. The van der Waals surface area contributed by atoms with Crippen molar-refractivity contribution >= 4 is 5.91 Å². The average Bonchev–Trinajstić information content (AvgIpc) is 2.87. The largest absolute Gasteiger partial charge is 0.481 e. The molecule has 132 valence electrons. The number of rotatable bonds is 5. The van der Waals surface area contributed by atoms with E-state index in [1.54, 1.807) is 23.2 Å². The monoisotopic (exact) mass is 345 g/mol. The van der Waals surface area contributed by atoms with Gasteiger partial charge in [-0.3, -0.25) is 4.79 Å². The summed E-state index contributed by atoms with van der Waals surface area (Å²) in [6, 6.07) is 7.91. The number of amides is 1. The Morgan fingerprint density at radius 1 is 1.36 bits per heavy atom. The smallest absolute Gasteiger partial charge is 0.260 e. The Morgan fingerprint density at radius 2 is 2.24 bits per heavy atom. The van der Waals surface area contributed by atoms with Crippen molar-refractivity contribution in [2.24, 2.45) is 5.92 Å². The Bertz CT molecular complexity index is 699. The molecule has 0 N–H and O–H groups in total. The Kier molecular flexibility index (Phi) is 5.90. The van der Waals surface area contributed by atoms with E-state index in [2.05, 4.69) is 9.97 Å². The second-order valence-corrected chi connectivity index (χ2v) is 5.90. The van der Waals surface area contributed by atoms with Crippen LogP contribution in [0.2, 0.25) is 0 Å². The lowest BCUT2D eigenvalue weighted by molar-refractivity contribution is -0.133. The number of nitrogens with zero attached hydrogens (tertiary/aromatic N) is 3. The molecule has 7 heteroatoms. The van der Waals surface area contributed by atoms with Crippen molar-refractivity contribution < 1.29 is 18.7 Å². The highest BCUT2D eigenvalue weighted by atomic mass is 19.1. The van der Waals surface area contributed by atoms with Crippen LogP contribution in [0.5, 0.6) is 5.75 Å². The summed E-state index contributed by atoms with van der Waals surface area (Å²) >= 11 is 0. The summed E-state index contributed by atoms with van der Waals surface area (Å²) in [5, 5.41) is 0. The Balaban J connectivity index is 1.56. The lowest BCUT2D eigenvalue weighted by Gasteiger charge is -2.23. The molecule has 1 aliphatic rings. The van der Waals surface area contributed by atoms with Crippen LogP contribution in [0.15, 0.2) is 42.9 Å². The number of ether oxygens (including phenoxy) is 2. The molecule has 1 atom stereocenters. The van der Waals surface area contributed by atoms with E-state index in [0.29, 0.717) is 32.7 Å². The van der Waals surface area contributed by atoms with Gasteiger partial charge in [-0.15, -0.1) is 0 Å². The number of hydrogen-bond acceptors (Lipinski definition) is 5. The van der Waals surface area contributed by atoms with Crippen LogP contribution < -0.4 is 4.74 Å². The molecular weight excluding hydrogens is 325 g/mol. The predicted octanol–water partition coefficient (Wildman–Crippen LogP) is 1.71. The molecule has 0 saturated carbocycles. The van der Waals surface area contributed by atoms with E-state index in [1.165, 1.54) is 18.5 Å². The molecule has 1 aromatic heterocycles. The van der Waals surface area contributed by atoms with Gasteiger partial charge in [0.15, 0.2) is 18.2 Å². The standard InChI is InChI=1S/C18H20FN3O3/c19-16-3-1-2-4-17(16)25-12-18(23)22-7-8-24-11-14(10-22)9-15-5-6-20-13-21-15/h1-6,13-14H,7-12H2/t14-/m1/s1. The van der Waals surface area contributed by atoms with E-state index in [9.17, 15) is 9.18 Å². The van der Waals surface area contributed by atoms with Gasteiger partial charge in [0.05, 0.1) is 13.2 Å². The Morgan fingerprint density at radius 3 is 3.04 bits per heavy atom. The van der Waals surface area contributed by atoms with Gasteiger partial charge < -0.3 is 14.4 Å². The van der Waals surface area contributed by atoms with Gasteiger partial charge in [0.1, 0.15) is 6.33 Å². The van der Waals surface area contributed by atoms with Gasteiger partial charge in [0.25, 0.3) is 5.91 Å². The summed E-state index contributed by atoms with van der Waals surface area (Å²) < 4.78 is 24.5. The van der Waals surface area contributed by atoms with Crippen molar-refractivity contribution in [1.82, 2.24) is 14.9 Å². The minimum Gasteiger partial charge on any atom is -0.481 e. The fraction of sp³-hybridized carbons (Fsp3) is 0.389. The molecule has 6 nitrogen and oxygen atoms in total. The fourth-order valence-electron chi connectivity index (χ4n) is 2.76. The van der Waals surface area contributed by atoms with Gasteiger partial charge in [0.2, 0.25) is 0 Å². The van der Waals surface area contributed by atoms with Crippen LogP contribution in [0, 0.1) is 11.7 Å². The highest BCUT2D eigenvalue weighted by Gasteiger charge is 2.23. The number of carbonyl (C=O) groups excluding carboxylic acids is 1. The first kappa shape index (κ1) is 17.3. The van der Waals surface area contributed by atoms with Gasteiger partial charge in [-0.05, 0) is 24.6 Å². The molecule has 0 spiro atoms. The number of aromatic nitrogens is 2. The zero-order chi connectivity index (χ0) is 17.5. The summed E-state index contributed by atoms with van der Waals surface area (Å²) in [5.74, 6) is -0.424. The van der Waals surface area contributed by atoms with Crippen LogP contribution in [0.4, 0.5) is 4.39 Å². The van der Waals surface area contributed by atoms with Gasteiger partial charge in [0, 0.05) is 30.9 Å².